The molecule has 0 saturated carbocycles. The van der Waals surface area contributed by atoms with Gasteiger partial charge >= 0.3 is 6.03 Å². The van der Waals surface area contributed by atoms with Crippen LogP contribution in [0.4, 0.5) is 10.6 Å². The largest absolute Gasteiger partial charge is 0.368 e. The maximum absolute atomic E-state index is 11.6. The summed E-state index contributed by atoms with van der Waals surface area (Å²) in [6.07, 6.45) is 2.47. The number of carbonyl (C=O) groups excluding carboxylic acids is 1. The molecular weight excluding hydrogens is 300 g/mol. The van der Waals surface area contributed by atoms with Crippen LogP contribution in [0.5, 0.6) is 0 Å². The van der Waals surface area contributed by atoms with Crippen molar-refractivity contribution in [3.63, 3.8) is 0 Å². The number of benzene rings is 1. The molecule has 2 rings (SSSR count). The molecule has 0 aliphatic heterocycles. The summed E-state index contributed by atoms with van der Waals surface area (Å²) >= 11 is 5.91. The first-order valence-corrected chi connectivity index (χ1v) is 7.53. The Morgan fingerprint density at radius 2 is 1.91 bits per heavy atom. The molecule has 0 aliphatic carbocycles. The Hall–Kier alpha value is -2.27. The number of nitrogens with one attached hydrogen (secondary N) is 3. The Morgan fingerprint density at radius 1 is 1.05 bits per heavy atom. The lowest BCUT2D eigenvalue weighted by atomic mass is 10.1. The number of pyridine rings is 1. The molecule has 0 aliphatic rings. The normalized spacial score (nSPS) is 10.0. The summed E-state index contributed by atoms with van der Waals surface area (Å²) in [4.78, 5) is 15.8. The fourth-order valence-corrected chi connectivity index (χ4v) is 2.12. The van der Waals surface area contributed by atoms with Crippen molar-refractivity contribution in [2.45, 2.75) is 6.42 Å². The van der Waals surface area contributed by atoms with Crippen LogP contribution in [0.15, 0.2) is 48.7 Å². The van der Waals surface area contributed by atoms with Crippen LogP contribution < -0.4 is 16.0 Å². The second-order valence-corrected chi connectivity index (χ2v) is 5.14. The van der Waals surface area contributed by atoms with Gasteiger partial charge in [0.05, 0.1) is 0 Å². The first-order chi connectivity index (χ1) is 10.7. The smallest absolute Gasteiger partial charge is 0.314 e. The molecular formula is C16H19ClN4O. The maximum atomic E-state index is 11.6. The van der Waals surface area contributed by atoms with Crippen molar-refractivity contribution >= 4 is 23.4 Å². The van der Waals surface area contributed by atoms with E-state index < -0.39 is 0 Å². The first kappa shape index (κ1) is 16.1. The molecule has 1 aromatic carbocycles. The fraction of sp³-hybridized carbons (Fsp3) is 0.250. The Kier molecular flexibility index (Phi) is 6.51. The molecule has 2 aromatic rings. The number of amides is 2. The minimum Gasteiger partial charge on any atom is -0.368 e. The standard InChI is InChI=1S/C16H19ClN4O/c17-14-5-3-4-13(12-14)7-9-20-16(22)21-11-10-19-15-6-1-2-8-18-15/h1-6,8,12H,7,9-11H2,(H,18,19)(H2,20,21,22). The Labute approximate surface area is 135 Å². The van der Waals surface area contributed by atoms with E-state index in [4.69, 9.17) is 11.6 Å². The highest BCUT2D eigenvalue weighted by Crippen LogP contribution is 2.10. The van der Waals surface area contributed by atoms with Crippen molar-refractivity contribution in [1.29, 1.82) is 0 Å². The fourth-order valence-electron chi connectivity index (χ4n) is 1.91. The molecule has 3 N–H and O–H groups in total. The van der Waals surface area contributed by atoms with Gasteiger partial charge in [-0.15, -0.1) is 0 Å². The number of aromatic nitrogens is 1. The van der Waals surface area contributed by atoms with Gasteiger partial charge < -0.3 is 16.0 Å². The molecule has 0 spiro atoms. The molecule has 0 fully saturated rings. The quantitative estimate of drug-likeness (QED) is 0.688. The van der Waals surface area contributed by atoms with Crippen LogP contribution in [-0.2, 0) is 6.42 Å². The average Bonchev–Trinajstić information content (AvgIpc) is 2.53. The number of anilines is 1. The van der Waals surface area contributed by atoms with Crippen molar-refractivity contribution in [3.05, 3.63) is 59.2 Å². The zero-order chi connectivity index (χ0) is 15.6. The van der Waals surface area contributed by atoms with Gasteiger partial charge in [-0.3, -0.25) is 0 Å². The molecule has 5 nitrogen and oxygen atoms in total. The van der Waals surface area contributed by atoms with Crippen molar-refractivity contribution in [2.24, 2.45) is 0 Å². The van der Waals surface area contributed by atoms with Gasteiger partial charge in [0, 0.05) is 30.9 Å². The maximum Gasteiger partial charge on any atom is 0.314 e. The van der Waals surface area contributed by atoms with Gasteiger partial charge in [-0.1, -0.05) is 29.8 Å². The van der Waals surface area contributed by atoms with E-state index in [1.54, 1.807) is 6.20 Å². The van der Waals surface area contributed by atoms with Crippen LogP contribution in [0.25, 0.3) is 0 Å². The number of hydrogen-bond donors (Lipinski definition) is 3. The molecule has 0 bridgehead atoms. The molecule has 1 aromatic heterocycles. The van der Waals surface area contributed by atoms with Crippen molar-refractivity contribution < 1.29 is 4.79 Å². The van der Waals surface area contributed by atoms with E-state index in [-0.39, 0.29) is 6.03 Å². The van der Waals surface area contributed by atoms with Gasteiger partial charge in [0.15, 0.2) is 0 Å². The number of halogens is 1. The molecule has 0 saturated heterocycles. The van der Waals surface area contributed by atoms with Gasteiger partial charge in [0.25, 0.3) is 0 Å². The number of urea groups is 1. The van der Waals surface area contributed by atoms with E-state index >= 15 is 0 Å². The average molecular weight is 319 g/mol. The van der Waals surface area contributed by atoms with Crippen LogP contribution in [-0.4, -0.2) is 30.6 Å². The monoisotopic (exact) mass is 318 g/mol. The van der Waals surface area contributed by atoms with E-state index in [0.29, 0.717) is 24.7 Å². The molecule has 0 atom stereocenters. The Bertz CT molecular complexity index is 592. The summed E-state index contributed by atoms with van der Waals surface area (Å²) in [5.74, 6) is 0.797. The Balaban J connectivity index is 1.56. The second-order valence-electron chi connectivity index (χ2n) is 4.70. The van der Waals surface area contributed by atoms with Crippen LogP contribution in [0.3, 0.4) is 0 Å². The van der Waals surface area contributed by atoms with Gasteiger partial charge in [-0.05, 0) is 36.2 Å². The Morgan fingerprint density at radius 3 is 2.68 bits per heavy atom. The third-order valence-corrected chi connectivity index (χ3v) is 3.20. The van der Waals surface area contributed by atoms with E-state index in [0.717, 1.165) is 17.8 Å². The predicted molar refractivity (Wildman–Crippen MR) is 89.3 cm³/mol. The number of nitrogens with zero attached hydrogens (tertiary/aromatic N) is 1. The topological polar surface area (TPSA) is 66.0 Å². The van der Waals surface area contributed by atoms with Gasteiger partial charge in [-0.25, -0.2) is 9.78 Å². The van der Waals surface area contributed by atoms with Crippen LogP contribution >= 0.6 is 11.6 Å². The summed E-state index contributed by atoms with van der Waals surface area (Å²) in [5, 5.41) is 9.43. The summed E-state index contributed by atoms with van der Waals surface area (Å²) in [7, 11) is 0. The molecule has 22 heavy (non-hydrogen) atoms. The third kappa shape index (κ3) is 6.01. The third-order valence-electron chi connectivity index (χ3n) is 2.97. The summed E-state index contributed by atoms with van der Waals surface area (Å²) in [5.41, 5.74) is 1.10. The van der Waals surface area contributed by atoms with Gasteiger partial charge in [0.1, 0.15) is 5.82 Å². The highest BCUT2D eigenvalue weighted by molar-refractivity contribution is 6.30. The van der Waals surface area contributed by atoms with E-state index in [2.05, 4.69) is 20.9 Å². The van der Waals surface area contributed by atoms with E-state index in [1.165, 1.54) is 0 Å². The highest BCUT2D eigenvalue weighted by Gasteiger charge is 2.00. The number of carbonyl (C=O) groups is 1. The van der Waals surface area contributed by atoms with Crippen LogP contribution in [0.2, 0.25) is 5.02 Å². The summed E-state index contributed by atoms with van der Waals surface area (Å²) < 4.78 is 0. The van der Waals surface area contributed by atoms with Crippen molar-refractivity contribution in [1.82, 2.24) is 15.6 Å². The lowest BCUT2D eigenvalue weighted by Crippen LogP contribution is -2.38. The van der Waals surface area contributed by atoms with Crippen molar-refractivity contribution in [3.8, 4) is 0 Å². The second kappa shape index (κ2) is 8.89. The lowest BCUT2D eigenvalue weighted by molar-refractivity contribution is 0.241. The molecule has 0 unspecified atom stereocenters. The summed E-state index contributed by atoms with van der Waals surface area (Å²) in [6.45, 7) is 1.72. The summed E-state index contributed by atoms with van der Waals surface area (Å²) in [6, 6.07) is 13.1. The van der Waals surface area contributed by atoms with E-state index in [1.807, 2.05) is 42.5 Å². The van der Waals surface area contributed by atoms with Crippen molar-refractivity contribution in [2.75, 3.05) is 25.0 Å². The minimum atomic E-state index is -0.176. The molecule has 0 radical (unpaired) electrons. The molecule has 1 heterocycles. The molecule has 2 amide bonds. The lowest BCUT2D eigenvalue weighted by Gasteiger charge is -2.09. The minimum absolute atomic E-state index is 0.176. The van der Waals surface area contributed by atoms with Gasteiger partial charge in [-0.2, -0.15) is 0 Å². The van der Waals surface area contributed by atoms with Gasteiger partial charge in [0.2, 0.25) is 0 Å². The number of rotatable bonds is 7. The SMILES string of the molecule is O=C(NCCNc1ccccn1)NCCc1cccc(Cl)c1. The van der Waals surface area contributed by atoms with E-state index in [9.17, 15) is 4.79 Å². The first-order valence-electron chi connectivity index (χ1n) is 7.15. The predicted octanol–water partition coefficient (Wildman–Crippen LogP) is 2.69. The zero-order valence-electron chi connectivity index (χ0n) is 12.2. The number of hydrogen-bond acceptors (Lipinski definition) is 3. The highest BCUT2D eigenvalue weighted by atomic mass is 35.5. The van der Waals surface area contributed by atoms with Crippen LogP contribution in [0.1, 0.15) is 5.56 Å². The molecule has 6 heteroatoms. The molecule has 116 valence electrons. The van der Waals surface area contributed by atoms with Crippen LogP contribution in [0, 0.1) is 0 Å². The zero-order valence-corrected chi connectivity index (χ0v) is 12.9.